The zero-order valence-electron chi connectivity index (χ0n) is 71.7. The molecule has 0 aromatic carbocycles. The van der Waals surface area contributed by atoms with Crippen LogP contribution in [0.25, 0.3) is 0 Å². The molecule has 10 saturated heterocycles. The first kappa shape index (κ1) is 110. The van der Waals surface area contributed by atoms with E-state index in [1.165, 1.54) is 0 Å². The van der Waals surface area contributed by atoms with Crippen LogP contribution in [0, 0.1) is 0 Å². The molecule has 768 valence electrons. The summed E-state index contributed by atoms with van der Waals surface area (Å²) in [6.45, 7) is -7.06. The van der Waals surface area contributed by atoms with Crippen molar-refractivity contribution in [3.63, 3.8) is 0 Å². The van der Waals surface area contributed by atoms with Gasteiger partial charge in [-0.2, -0.15) is 0 Å². The molecule has 0 aliphatic carbocycles. The third kappa shape index (κ3) is 25.5. The van der Waals surface area contributed by atoms with E-state index in [1.807, 2.05) is 0 Å². The van der Waals surface area contributed by atoms with Crippen molar-refractivity contribution in [2.75, 3.05) is 79.3 Å². The van der Waals surface area contributed by atoms with Crippen LogP contribution < -0.4 is 31.9 Å². The Labute approximate surface area is 753 Å². The molecule has 33 N–H and O–H groups in total. The molecule has 10 aliphatic rings. The maximum Gasteiger partial charge on any atom is 0.217 e. The first-order valence-corrected chi connectivity index (χ1v) is 42.3. The van der Waals surface area contributed by atoms with Gasteiger partial charge in [0, 0.05) is 34.6 Å². The van der Waals surface area contributed by atoms with Crippen LogP contribution >= 0.6 is 0 Å². The number of aliphatic hydroxyl groups is 27. The van der Waals surface area contributed by atoms with Crippen LogP contribution in [0.5, 0.6) is 0 Å². The van der Waals surface area contributed by atoms with Crippen molar-refractivity contribution in [3.8, 4) is 0 Å². The summed E-state index contributed by atoms with van der Waals surface area (Å²) in [5.41, 5.74) is 0. The molecule has 10 fully saturated rings. The molecule has 0 aromatic rings. The number of ether oxygens (including phenoxy) is 20. The predicted octanol–water partition coefficient (Wildman–Crippen LogP) is -23.0. The fourth-order valence-electron chi connectivity index (χ4n) is 16.9. The second-order valence-corrected chi connectivity index (χ2v) is 33.2. The van der Waals surface area contributed by atoms with E-state index in [2.05, 4.69) is 31.9 Å². The van der Waals surface area contributed by atoms with Crippen molar-refractivity contribution in [3.05, 3.63) is 0 Å². The van der Waals surface area contributed by atoms with E-state index in [0.29, 0.717) is 0 Å². The lowest BCUT2D eigenvalue weighted by molar-refractivity contribution is -0.383. The molecule has 133 heavy (non-hydrogen) atoms. The third-order valence-corrected chi connectivity index (χ3v) is 23.8. The maximum atomic E-state index is 13.1. The molecule has 0 radical (unpaired) electrons. The van der Waals surface area contributed by atoms with Gasteiger partial charge in [-0.1, -0.05) is 0 Å². The molecule has 0 aromatic heterocycles. The summed E-state index contributed by atoms with van der Waals surface area (Å²) in [5.74, 6) is -4.53. The van der Waals surface area contributed by atoms with E-state index < -0.39 is 422 Å². The number of carbonyl (C=O) groups is 6. The van der Waals surface area contributed by atoms with Crippen LogP contribution in [0.2, 0.25) is 0 Å². The predicted molar refractivity (Wildman–Crippen MR) is 411 cm³/mol. The van der Waals surface area contributed by atoms with Crippen molar-refractivity contribution < 1.29 is 261 Å². The maximum absolute atomic E-state index is 13.1. The molecule has 0 spiro atoms. The van der Waals surface area contributed by atoms with E-state index in [4.69, 9.17) is 94.7 Å². The number of aliphatic hydroxyl groups excluding tert-OH is 27. The smallest absolute Gasteiger partial charge is 0.217 e. The van der Waals surface area contributed by atoms with Crippen LogP contribution in [0.1, 0.15) is 34.6 Å². The lowest BCUT2D eigenvalue weighted by atomic mass is 9.94. The van der Waals surface area contributed by atoms with Crippen LogP contribution in [0.4, 0.5) is 0 Å². The van der Waals surface area contributed by atoms with Gasteiger partial charge in [0.2, 0.25) is 35.9 Å². The number of nitrogens with one attached hydrogen (secondary N) is 6. The largest absolute Gasteiger partial charge is 0.394 e. The molecule has 0 saturated carbocycles. The molecule has 10 rings (SSSR count). The minimum Gasteiger partial charge on any atom is -0.394 e. The van der Waals surface area contributed by atoms with Gasteiger partial charge in [-0.05, 0) is 0 Å². The summed E-state index contributed by atoms with van der Waals surface area (Å²) in [5, 5.41) is 316. The number of rotatable bonds is 39. The Morgan fingerprint density at radius 3 is 0.797 bits per heavy atom. The third-order valence-electron chi connectivity index (χ3n) is 23.8. The number of hydrogen-bond donors (Lipinski definition) is 33. The Bertz CT molecular complexity index is 3630. The Morgan fingerprint density at radius 1 is 0.248 bits per heavy atom. The normalized spacial score (nSPS) is 46.7. The van der Waals surface area contributed by atoms with E-state index in [-0.39, 0.29) is 6.41 Å². The minimum absolute atomic E-state index is 0.250. The van der Waals surface area contributed by atoms with Gasteiger partial charge in [0.25, 0.3) is 0 Å². The summed E-state index contributed by atoms with van der Waals surface area (Å²) in [7, 11) is 0. The fraction of sp³-hybridized carbons (Fsp3) is 0.919. The van der Waals surface area contributed by atoms with Crippen molar-refractivity contribution in [2.24, 2.45) is 0 Å². The van der Waals surface area contributed by atoms with Crippen molar-refractivity contribution in [1.82, 2.24) is 31.9 Å². The number of amides is 6. The topological polar surface area (TPSA) is 905 Å². The van der Waals surface area contributed by atoms with Gasteiger partial charge in [0.15, 0.2) is 62.9 Å². The zero-order chi connectivity index (χ0) is 97.9. The summed E-state index contributed by atoms with van der Waals surface area (Å²) in [4.78, 5) is 75.0. The second-order valence-electron chi connectivity index (χ2n) is 33.2. The first-order valence-electron chi connectivity index (χ1n) is 42.3. The van der Waals surface area contributed by atoms with E-state index in [9.17, 15) is 167 Å². The summed E-state index contributed by atoms with van der Waals surface area (Å²) < 4.78 is 118. The Balaban J connectivity index is 0.849. The average molecular weight is 1950 g/mol. The van der Waals surface area contributed by atoms with Crippen molar-refractivity contribution in [2.45, 2.75) is 347 Å². The highest BCUT2D eigenvalue weighted by Gasteiger charge is 2.62. The Morgan fingerprint density at radius 2 is 0.481 bits per heavy atom. The summed E-state index contributed by atoms with van der Waals surface area (Å²) >= 11 is 0. The molecule has 59 heteroatoms. The standard InChI is InChI=1S/C74H124N6O53/c1-19(91)76-35-46(102)40(96)25(7-82)117-67(35)131-62-43(99)27(9-84)119-72(55(62)111)128-58-29(11-86)122-66(38(48(58)104)79-22(4)94)116-17-34-45(101)64(133-68-36(77-20(2)92)47(103)41(97)26(8-83)118-68)57(113)74(126-34)129-59-30(12-87)121-65(37(49(59)105)78-21(3)93)115-16-33-42(98)51(107)53(109)71(125-33)127-60-31(13-88)123-69(39(50(60)106)80-23(5)95)132-63-44(100)28(10-85)120-73(56(63)112)130-61-32(14-89)124-70(54(110)52(61)108)114-15-24(6-81)75-18-90/h18,24-74,81-89,96-113H,6-17H2,1-5H3,(H,75,90)(H,76,91)(H,77,92)(H,78,93)(H,79,94)(H,80,95)/t24-,25-,26-,27-,28-,29-,30-,31-,32-,33-,34-,35-,36-,37-,38-,39-,40-,41-,42+,43+,44+,45+,46-,47-,48-,49-,50-,51+,52-,53-,54-,55-,56-,57-,58-,59-,60-,61-,62+,63+,64+,65-,66-,67+,68+,69+,70-,71+,72+,73+,74+/m1/s1. The minimum atomic E-state index is -2.44. The highest BCUT2D eigenvalue weighted by Crippen LogP contribution is 2.41. The van der Waals surface area contributed by atoms with Gasteiger partial charge < -0.3 is 265 Å². The molecule has 51 atom stereocenters. The zero-order valence-corrected chi connectivity index (χ0v) is 71.7. The molecule has 10 heterocycles. The summed E-state index contributed by atoms with van der Waals surface area (Å²) in [6.07, 6.45) is -91.5. The van der Waals surface area contributed by atoms with Gasteiger partial charge in [0.05, 0.1) is 85.3 Å². The van der Waals surface area contributed by atoms with Crippen LogP contribution in [-0.2, 0) is 124 Å². The Hall–Kier alpha value is -5.06. The molecular weight excluding hydrogens is 1820 g/mol. The molecule has 59 nitrogen and oxygen atoms in total. The second kappa shape index (κ2) is 49.4. The molecular formula is C74H124N6O53. The molecule has 0 unspecified atom stereocenters. The van der Waals surface area contributed by atoms with Gasteiger partial charge in [-0.15, -0.1) is 0 Å². The van der Waals surface area contributed by atoms with Crippen LogP contribution in [0.15, 0.2) is 0 Å². The molecule has 6 amide bonds. The highest BCUT2D eigenvalue weighted by atomic mass is 16.8. The summed E-state index contributed by atoms with van der Waals surface area (Å²) in [6, 6.07) is -10.2. The number of hydrogen-bond acceptors (Lipinski definition) is 53. The quantitative estimate of drug-likeness (QED) is 0.0254. The first-order chi connectivity index (χ1) is 63.1. The van der Waals surface area contributed by atoms with Crippen LogP contribution in [0.3, 0.4) is 0 Å². The van der Waals surface area contributed by atoms with E-state index in [1.54, 1.807) is 0 Å². The molecule has 0 bridgehead atoms. The highest BCUT2D eigenvalue weighted by molar-refractivity contribution is 5.75. The van der Waals surface area contributed by atoms with Crippen molar-refractivity contribution >= 4 is 35.9 Å². The fourth-order valence-corrected chi connectivity index (χ4v) is 16.9. The Kier molecular flexibility index (Phi) is 40.8. The number of carbonyl (C=O) groups excluding carboxylic acids is 6. The monoisotopic (exact) mass is 1940 g/mol. The van der Waals surface area contributed by atoms with Gasteiger partial charge in [-0.3, -0.25) is 28.8 Å². The van der Waals surface area contributed by atoms with Gasteiger partial charge in [0.1, 0.15) is 244 Å². The van der Waals surface area contributed by atoms with Gasteiger partial charge >= 0.3 is 0 Å². The lowest BCUT2D eigenvalue weighted by Crippen LogP contribution is -2.70. The van der Waals surface area contributed by atoms with Crippen LogP contribution in [-0.4, -0.2) is 566 Å². The van der Waals surface area contributed by atoms with Gasteiger partial charge in [-0.25, -0.2) is 0 Å². The lowest BCUT2D eigenvalue weighted by Gasteiger charge is -2.50. The average Bonchev–Trinajstić information content (AvgIpc) is 0.770. The molecule has 10 aliphatic heterocycles. The van der Waals surface area contributed by atoms with E-state index in [0.717, 1.165) is 34.6 Å². The van der Waals surface area contributed by atoms with Crippen molar-refractivity contribution in [1.29, 1.82) is 0 Å². The van der Waals surface area contributed by atoms with E-state index >= 15 is 0 Å². The SMILES string of the molecule is CC(=O)N[C@H]1[C@H](O[C@H]2[C@@H](O)[C@@H](CO)O[C@@H](O[C@H]3[C@H](O)[C@@H](O)[C@H](OC[C@@H](CO)NC=O)O[C@@H]3CO)[C@@H]2O)O[C@H](CO)[C@@H](O[C@@H]2O[C@H](CO[C@@H]3O[C@H](CO)[C@@H](O[C@@H]4O[C@H](CO[C@@H]5O[C@H](CO)[C@@H](O[C@@H]6O[C@H](CO)[C@H](O)[C@H](O[C@@H]7O[C@H](CO)[C@@H](O)[C@H](O)[C@H]7NC(C)=O)[C@H]6O)[C@H](O)[C@H]5NC(C)=O)[C@H](O)[C@H](O[C@@H]5O[C@H](CO)[C@@H](O)[C@H](O)[C@H]5NC(C)=O)[C@H]4O)[C@H](O)[C@H]3NC(C)=O)[C@H](O)[C@H](O)[C@H]2O)[C@@H]1O.